The predicted octanol–water partition coefficient (Wildman–Crippen LogP) is 5.58. The molecule has 0 N–H and O–H groups in total. The third-order valence-corrected chi connectivity index (χ3v) is 8.33. The van der Waals surface area contributed by atoms with Crippen molar-refractivity contribution in [3.63, 3.8) is 0 Å². The smallest absolute Gasteiger partial charge is 0.134 e. The lowest BCUT2D eigenvalue weighted by atomic mass is 9.96. The molecule has 1 aliphatic carbocycles. The first-order chi connectivity index (χ1) is 10.7. The summed E-state index contributed by atoms with van der Waals surface area (Å²) in [4.78, 5) is 14.5. The van der Waals surface area contributed by atoms with Crippen LogP contribution in [0.1, 0.15) is 53.4 Å². The summed E-state index contributed by atoms with van der Waals surface area (Å²) in [6.07, 6.45) is 14.1. The largest absolute Gasteiger partial charge is 0.354 e. The van der Waals surface area contributed by atoms with Gasteiger partial charge in [0.05, 0.1) is 0 Å². The van der Waals surface area contributed by atoms with Gasteiger partial charge in [-0.2, -0.15) is 0 Å². The molecule has 2 aliphatic rings. The number of hydrogen-bond acceptors (Lipinski definition) is 2. The molecule has 2 nitrogen and oxygen atoms in total. The number of nitrogens with zero attached hydrogens (tertiary/aromatic N) is 1. The van der Waals surface area contributed by atoms with Crippen LogP contribution < -0.4 is 0 Å². The Morgan fingerprint density at radius 2 is 1.83 bits per heavy atom. The average Bonchev–Trinajstić information content (AvgIpc) is 2.42. The Labute approximate surface area is 142 Å². The predicted molar refractivity (Wildman–Crippen MR) is 102 cm³/mol. The fraction of sp³-hybridized carbons (Fsp3) is 0.550. The Kier molecular flexibility index (Phi) is 5.36. The summed E-state index contributed by atoms with van der Waals surface area (Å²) < 4.78 is 0. The van der Waals surface area contributed by atoms with Gasteiger partial charge < -0.3 is 4.90 Å². The van der Waals surface area contributed by atoms with Crippen LogP contribution in [0.15, 0.2) is 48.1 Å². The fourth-order valence-corrected chi connectivity index (χ4v) is 8.53. The summed E-state index contributed by atoms with van der Waals surface area (Å²) in [6, 6.07) is 0. The Bertz CT molecular complexity index is 560. The minimum atomic E-state index is -0.419. The zero-order chi connectivity index (χ0) is 17.3. The second kappa shape index (κ2) is 6.77. The molecule has 0 bridgehead atoms. The second-order valence-corrected chi connectivity index (χ2v) is 11.4. The molecule has 0 aromatic carbocycles. The van der Waals surface area contributed by atoms with Crippen molar-refractivity contribution in [3.8, 4) is 0 Å². The lowest BCUT2D eigenvalue weighted by Crippen LogP contribution is -2.40. The maximum Gasteiger partial charge on any atom is 0.134 e. The lowest BCUT2D eigenvalue weighted by Gasteiger charge is -2.50. The summed E-state index contributed by atoms with van der Waals surface area (Å²) in [5, 5.41) is 1.59. The number of rotatable bonds is 4. The molecule has 2 rings (SSSR count). The summed E-state index contributed by atoms with van der Waals surface area (Å²) in [5.41, 5.74) is 1.41. The Hall–Kier alpha value is -1.14. The van der Waals surface area contributed by atoms with Crippen molar-refractivity contribution in [2.24, 2.45) is 0 Å². The van der Waals surface area contributed by atoms with E-state index in [0.717, 1.165) is 12.8 Å². The standard InChI is InChI=1S/C20H30NOP/c1-7-8-13-21(6)17-11-9-10-12-18(17)23-19(2,3)14-16(22)15-20(23,4)5/h7-8,10,12-13H,1,9,11,14-15H2,2-6H3. The maximum atomic E-state index is 12.2. The maximum absolute atomic E-state index is 12.2. The van der Waals surface area contributed by atoms with Gasteiger partial charge >= 0.3 is 0 Å². The molecule has 1 aliphatic heterocycles. The van der Waals surface area contributed by atoms with Crippen LogP contribution in [-0.2, 0) is 4.79 Å². The monoisotopic (exact) mass is 331 g/mol. The van der Waals surface area contributed by atoms with Crippen LogP contribution in [0.3, 0.4) is 0 Å². The second-order valence-electron chi connectivity index (χ2n) is 7.81. The van der Waals surface area contributed by atoms with Gasteiger partial charge in [0.25, 0.3) is 0 Å². The molecule has 23 heavy (non-hydrogen) atoms. The van der Waals surface area contributed by atoms with E-state index in [9.17, 15) is 4.79 Å². The van der Waals surface area contributed by atoms with Gasteiger partial charge in [0.1, 0.15) is 5.78 Å². The van der Waals surface area contributed by atoms with Crippen LogP contribution in [0, 0.1) is 0 Å². The minimum absolute atomic E-state index is 0.0550. The summed E-state index contributed by atoms with van der Waals surface area (Å²) in [5.74, 6) is 0.417. The number of carbonyl (C=O) groups is 1. The van der Waals surface area contributed by atoms with Gasteiger partial charge in [0.15, 0.2) is 0 Å². The van der Waals surface area contributed by atoms with E-state index in [1.54, 1.807) is 0 Å². The van der Waals surface area contributed by atoms with Crippen molar-refractivity contribution < 1.29 is 4.79 Å². The summed E-state index contributed by atoms with van der Waals surface area (Å²) >= 11 is 0. The molecule has 0 saturated carbocycles. The topological polar surface area (TPSA) is 20.3 Å². The first-order valence-corrected chi connectivity index (χ1v) is 9.77. The first kappa shape index (κ1) is 18.2. The molecule has 3 heteroatoms. The molecule has 1 heterocycles. The lowest BCUT2D eigenvalue weighted by molar-refractivity contribution is -0.120. The third-order valence-electron chi connectivity index (χ3n) is 4.70. The van der Waals surface area contributed by atoms with Crippen molar-refractivity contribution in [1.29, 1.82) is 0 Å². The minimum Gasteiger partial charge on any atom is -0.354 e. The molecule has 1 fully saturated rings. The SMILES string of the molecule is C=CC=CN(C)C1=C(P2C(C)(C)CC(=O)CC2(C)C)C=CCC1. The summed E-state index contributed by atoms with van der Waals surface area (Å²) in [6.45, 7) is 12.9. The zero-order valence-corrected chi connectivity index (χ0v) is 16.1. The molecule has 0 aromatic heterocycles. The van der Waals surface area contributed by atoms with Gasteiger partial charge in [-0.1, -0.05) is 60.4 Å². The van der Waals surface area contributed by atoms with Gasteiger partial charge in [-0.15, -0.1) is 0 Å². The number of Topliss-reactive ketones (excluding diaryl/α,β-unsaturated/α-hetero) is 1. The van der Waals surface area contributed by atoms with Gasteiger partial charge in [0, 0.05) is 31.8 Å². The van der Waals surface area contributed by atoms with E-state index in [2.05, 4.69) is 64.6 Å². The van der Waals surface area contributed by atoms with Crippen LogP contribution in [0.5, 0.6) is 0 Å². The van der Waals surface area contributed by atoms with Crippen molar-refractivity contribution in [1.82, 2.24) is 4.90 Å². The van der Waals surface area contributed by atoms with Crippen molar-refractivity contribution in [2.45, 2.75) is 63.7 Å². The number of ketones is 1. The van der Waals surface area contributed by atoms with Gasteiger partial charge in [-0.05, 0) is 34.5 Å². The van der Waals surface area contributed by atoms with Crippen LogP contribution in [-0.4, -0.2) is 28.0 Å². The molecule has 0 radical (unpaired) electrons. The highest BCUT2D eigenvalue weighted by molar-refractivity contribution is 7.65. The van der Waals surface area contributed by atoms with Crippen LogP contribution in [0.4, 0.5) is 0 Å². The van der Waals surface area contributed by atoms with Crippen LogP contribution in [0.2, 0.25) is 0 Å². The van der Waals surface area contributed by atoms with E-state index in [0.29, 0.717) is 18.6 Å². The summed E-state index contributed by atoms with van der Waals surface area (Å²) in [7, 11) is 1.70. The van der Waals surface area contributed by atoms with Crippen LogP contribution in [0.25, 0.3) is 0 Å². The molecule has 0 unspecified atom stereocenters. The van der Waals surface area contributed by atoms with E-state index >= 15 is 0 Å². The van der Waals surface area contributed by atoms with E-state index in [-0.39, 0.29) is 10.3 Å². The Balaban J connectivity index is 2.51. The highest BCUT2D eigenvalue weighted by Crippen LogP contribution is 2.71. The zero-order valence-electron chi connectivity index (χ0n) is 15.2. The van der Waals surface area contributed by atoms with Crippen molar-refractivity contribution >= 4 is 13.7 Å². The van der Waals surface area contributed by atoms with Gasteiger partial charge in [-0.3, -0.25) is 4.79 Å². The molecule has 0 atom stereocenters. The normalized spacial score (nSPS) is 24.3. The highest BCUT2D eigenvalue weighted by Gasteiger charge is 2.48. The van der Waals surface area contributed by atoms with Crippen molar-refractivity contribution in [2.75, 3.05) is 7.05 Å². The number of hydrogen-bond donors (Lipinski definition) is 0. The molecular formula is C20H30NOP. The first-order valence-electron chi connectivity index (χ1n) is 8.43. The van der Waals surface area contributed by atoms with Gasteiger partial charge in [-0.25, -0.2) is 0 Å². The third kappa shape index (κ3) is 3.86. The van der Waals surface area contributed by atoms with E-state index in [1.165, 1.54) is 11.0 Å². The number of carbonyl (C=O) groups excluding carboxylic acids is 1. The molecular weight excluding hydrogens is 301 g/mol. The van der Waals surface area contributed by atoms with Crippen molar-refractivity contribution in [3.05, 3.63) is 48.1 Å². The van der Waals surface area contributed by atoms with E-state index < -0.39 is 7.92 Å². The van der Waals surface area contributed by atoms with Crippen LogP contribution >= 0.6 is 7.92 Å². The molecule has 0 aromatic rings. The quantitative estimate of drug-likeness (QED) is 0.495. The highest BCUT2D eigenvalue weighted by atomic mass is 31.1. The van der Waals surface area contributed by atoms with E-state index in [1.807, 2.05) is 12.2 Å². The molecule has 126 valence electrons. The molecule has 1 saturated heterocycles. The fourth-order valence-electron chi connectivity index (χ4n) is 4.14. The van der Waals surface area contributed by atoms with Gasteiger partial charge in [0.2, 0.25) is 0 Å². The Morgan fingerprint density at radius 1 is 1.22 bits per heavy atom. The molecule has 0 amide bonds. The average molecular weight is 331 g/mol. The van der Waals surface area contributed by atoms with E-state index in [4.69, 9.17) is 0 Å². The Morgan fingerprint density at radius 3 is 2.39 bits per heavy atom. The molecule has 0 spiro atoms. The number of allylic oxidation sites excluding steroid dienone is 6.